The van der Waals surface area contributed by atoms with E-state index in [0.717, 1.165) is 0 Å². The van der Waals surface area contributed by atoms with Gasteiger partial charge >= 0.3 is 0 Å². The van der Waals surface area contributed by atoms with E-state index in [1.54, 1.807) is 6.21 Å². The zero-order valence-corrected chi connectivity index (χ0v) is 13.2. The van der Waals surface area contributed by atoms with Crippen molar-refractivity contribution in [2.24, 2.45) is 4.99 Å². The molecule has 0 aromatic heterocycles. The summed E-state index contributed by atoms with van der Waals surface area (Å²) in [7, 11) is 0. The maximum Gasteiger partial charge on any atom is 0.242 e. The number of amides is 1. The van der Waals surface area contributed by atoms with Gasteiger partial charge in [-0.05, 0) is 16.3 Å². The zero-order chi connectivity index (χ0) is 15.4. The van der Waals surface area contributed by atoms with E-state index in [0.29, 0.717) is 6.42 Å². The van der Waals surface area contributed by atoms with Crippen LogP contribution in [0.25, 0.3) is 10.8 Å². The third kappa shape index (κ3) is 5.79. The van der Waals surface area contributed by atoms with Gasteiger partial charge in [-0.3, -0.25) is 4.79 Å². The van der Waals surface area contributed by atoms with Crippen LogP contribution in [-0.2, 0) is 11.2 Å². The van der Waals surface area contributed by atoms with Crippen molar-refractivity contribution in [1.29, 1.82) is 0 Å². The van der Waals surface area contributed by atoms with Crippen molar-refractivity contribution in [2.75, 3.05) is 0 Å². The molecule has 20 heavy (non-hydrogen) atoms. The van der Waals surface area contributed by atoms with Crippen LogP contribution in [0, 0.1) is 0 Å². The molecule has 0 unspecified atom stereocenters. The Balaban J connectivity index is 0.000000829. The summed E-state index contributed by atoms with van der Waals surface area (Å²) in [6.07, 6.45) is 2.37. The Hall–Kier alpha value is -1.96. The topological polar surface area (TPSA) is 29.4 Å². The van der Waals surface area contributed by atoms with Crippen molar-refractivity contribution in [3.8, 4) is 0 Å². The van der Waals surface area contributed by atoms with Gasteiger partial charge in [0.25, 0.3) is 0 Å². The van der Waals surface area contributed by atoms with Crippen LogP contribution in [0.5, 0.6) is 0 Å². The van der Waals surface area contributed by atoms with Gasteiger partial charge in [0, 0.05) is 19.6 Å². The molecule has 0 saturated carbocycles. The van der Waals surface area contributed by atoms with Crippen LogP contribution in [0.15, 0.2) is 47.5 Å². The molecule has 0 radical (unpaired) electrons. The summed E-state index contributed by atoms with van der Waals surface area (Å²) in [5, 5.41) is 2.44. The summed E-state index contributed by atoms with van der Waals surface area (Å²) in [5.41, 5.74) is 1.20. The van der Waals surface area contributed by atoms with Crippen LogP contribution < -0.4 is 0 Å². The number of carbonyl (C=O) groups excluding carboxylic acids is 1. The maximum atomic E-state index is 10.7. The van der Waals surface area contributed by atoms with Crippen LogP contribution in [0.1, 0.15) is 40.2 Å². The molecule has 0 spiro atoms. The van der Waals surface area contributed by atoms with E-state index in [4.69, 9.17) is 0 Å². The first kappa shape index (κ1) is 18.0. The molecular weight excluding hydrogens is 246 g/mol. The first-order valence-electron chi connectivity index (χ1n) is 7.27. The summed E-state index contributed by atoms with van der Waals surface area (Å²) < 4.78 is 0. The largest absolute Gasteiger partial charge is 0.273 e. The minimum absolute atomic E-state index is 0.153. The van der Waals surface area contributed by atoms with Crippen LogP contribution in [0.3, 0.4) is 0 Å². The Morgan fingerprint density at radius 3 is 2.25 bits per heavy atom. The van der Waals surface area contributed by atoms with E-state index in [1.165, 1.54) is 23.3 Å². The maximum absolute atomic E-state index is 10.7. The van der Waals surface area contributed by atoms with Gasteiger partial charge in [-0.25, -0.2) is 4.99 Å². The minimum atomic E-state index is -0.153. The molecule has 2 aromatic rings. The average Bonchev–Trinajstić information content (AvgIpc) is 2.51. The second-order valence-electron chi connectivity index (χ2n) is 3.67. The van der Waals surface area contributed by atoms with Gasteiger partial charge < -0.3 is 0 Å². The average molecular weight is 271 g/mol. The Labute approximate surface area is 122 Å². The summed E-state index contributed by atoms with van der Waals surface area (Å²) in [5.74, 6) is -0.153. The van der Waals surface area contributed by atoms with Gasteiger partial charge in [-0.1, -0.05) is 70.2 Å². The number of nitrogens with zero attached hydrogens (tertiary/aromatic N) is 1. The summed E-state index contributed by atoms with van der Waals surface area (Å²) in [4.78, 5) is 14.5. The highest BCUT2D eigenvalue weighted by Crippen LogP contribution is 2.18. The smallest absolute Gasteiger partial charge is 0.242 e. The lowest BCUT2D eigenvalue weighted by Crippen LogP contribution is -1.91. The lowest BCUT2D eigenvalue weighted by atomic mass is 10.0. The summed E-state index contributed by atoms with van der Waals surface area (Å²) >= 11 is 0. The molecule has 0 heterocycles. The minimum Gasteiger partial charge on any atom is -0.273 e. The first-order chi connectivity index (χ1) is 9.77. The summed E-state index contributed by atoms with van der Waals surface area (Å²) in [6.45, 7) is 9.46. The molecule has 2 heteroatoms. The molecule has 108 valence electrons. The quantitative estimate of drug-likeness (QED) is 0.703. The molecule has 0 atom stereocenters. The van der Waals surface area contributed by atoms with Crippen molar-refractivity contribution < 1.29 is 4.79 Å². The second kappa shape index (κ2) is 10.9. The van der Waals surface area contributed by atoms with Gasteiger partial charge in [0.2, 0.25) is 5.91 Å². The monoisotopic (exact) mass is 271 g/mol. The van der Waals surface area contributed by atoms with Gasteiger partial charge in [-0.15, -0.1) is 0 Å². The molecule has 0 saturated heterocycles. The Morgan fingerprint density at radius 2 is 1.60 bits per heavy atom. The van der Waals surface area contributed by atoms with E-state index in [9.17, 15) is 4.79 Å². The highest BCUT2D eigenvalue weighted by atomic mass is 16.1. The highest BCUT2D eigenvalue weighted by molar-refractivity contribution is 5.89. The van der Waals surface area contributed by atoms with Gasteiger partial charge in [0.1, 0.15) is 0 Å². The number of hydrogen-bond donors (Lipinski definition) is 0. The normalized spacial score (nSPS) is 9.45. The molecule has 0 N–H and O–H groups in total. The zero-order valence-electron chi connectivity index (χ0n) is 13.2. The number of fused-ring (bicyclic) bond motifs is 1. The van der Waals surface area contributed by atoms with Crippen LogP contribution in [0.2, 0.25) is 0 Å². The molecule has 2 nitrogen and oxygen atoms in total. The lowest BCUT2D eigenvalue weighted by molar-refractivity contribution is -0.115. The fourth-order valence-corrected chi connectivity index (χ4v) is 1.74. The summed E-state index contributed by atoms with van der Waals surface area (Å²) in [6, 6.07) is 14.4. The molecule has 0 aliphatic heterocycles. The third-order valence-electron chi connectivity index (χ3n) is 2.46. The fraction of sp³-hybridized carbons (Fsp3) is 0.333. The fourth-order valence-electron chi connectivity index (χ4n) is 1.74. The van der Waals surface area contributed by atoms with Crippen molar-refractivity contribution in [1.82, 2.24) is 0 Å². The Morgan fingerprint density at radius 1 is 1.00 bits per heavy atom. The lowest BCUT2D eigenvalue weighted by Gasteiger charge is -2.02. The van der Waals surface area contributed by atoms with Gasteiger partial charge in [-0.2, -0.15) is 0 Å². The van der Waals surface area contributed by atoms with Gasteiger partial charge in [0.05, 0.1) is 0 Å². The number of rotatable bonds is 2. The van der Waals surface area contributed by atoms with E-state index in [-0.39, 0.29) is 5.91 Å². The molecule has 2 aromatic carbocycles. The molecular formula is C18H25NO. The SMILES string of the molecule is CC.CC.CC(=O)N=CCc1cccc2ccccc12. The van der Waals surface area contributed by atoms with Crippen molar-refractivity contribution >= 4 is 22.9 Å². The third-order valence-corrected chi connectivity index (χ3v) is 2.46. The molecule has 2 rings (SSSR count). The molecule has 0 bridgehead atoms. The van der Waals surface area contributed by atoms with Crippen molar-refractivity contribution in [2.45, 2.75) is 41.0 Å². The van der Waals surface area contributed by atoms with E-state index in [1.807, 2.05) is 45.9 Å². The number of benzene rings is 2. The Kier molecular flexibility index (Phi) is 9.85. The van der Waals surface area contributed by atoms with E-state index < -0.39 is 0 Å². The predicted molar refractivity (Wildman–Crippen MR) is 89.5 cm³/mol. The second-order valence-corrected chi connectivity index (χ2v) is 3.67. The predicted octanol–water partition coefficient (Wildman–Crippen LogP) is 5.05. The molecule has 0 aliphatic rings. The van der Waals surface area contributed by atoms with Crippen molar-refractivity contribution in [3.63, 3.8) is 0 Å². The van der Waals surface area contributed by atoms with Crippen LogP contribution in [0.4, 0.5) is 0 Å². The molecule has 0 aliphatic carbocycles. The number of hydrogen-bond acceptors (Lipinski definition) is 1. The number of carbonyl (C=O) groups is 1. The Bertz CT molecular complexity index is 539. The van der Waals surface area contributed by atoms with Crippen LogP contribution in [-0.4, -0.2) is 12.1 Å². The highest BCUT2D eigenvalue weighted by Gasteiger charge is 1.98. The number of aliphatic imine (C=N–C) groups is 1. The van der Waals surface area contributed by atoms with E-state index >= 15 is 0 Å². The molecule has 1 amide bonds. The van der Waals surface area contributed by atoms with E-state index in [2.05, 4.69) is 29.3 Å². The standard InChI is InChI=1S/C14H13NO.2C2H6/c1-11(16)15-10-9-13-7-4-6-12-5-2-3-8-14(12)13;2*1-2/h2-8,10H,9H2,1H3;2*1-2H3. The molecule has 0 fully saturated rings. The first-order valence-corrected chi connectivity index (χ1v) is 7.27. The van der Waals surface area contributed by atoms with Crippen LogP contribution >= 0.6 is 0 Å². The van der Waals surface area contributed by atoms with Crippen molar-refractivity contribution in [3.05, 3.63) is 48.0 Å². The van der Waals surface area contributed by atoms with Gasteiger partial charge in [0.15, 0.2) is 0 Å².